The molecule has 0 aliphatic carbocycles. The first kappa shape index (κ1) is 40.4. The van der Waals surface area contributed by atoms with E-state index in [1.807, 2.05) is 18.2 Å². The van der Waals surface area contributed by atoms with E-state index >= 15 is 0 Å². The molecule has 286 valence electrons. The summed E-state index contributed by atoms with van der Waals surface area (Å²) in [4.78, 5) is 24.4. The minimum atomic E-state index is -3.07. The molecule has 4 amide bonds. The van der Waals surface area contributed by atoms with Crippen molar-refractivity contribution in [2.75, 3.05) is 60.7 Å². The molecule has 6 rings (SSSR count). The molecule has 0 aromatic heterocycles. The number of amides is 4. The van der Waals surface area contributed by atoms with Crippen molar-refractivity contribution < 1.29 is 41.4 Å². The van der Waals surface area contributed by atoms with Gasteiger partial charge >= 0.3 is 18.7 Å². The van der Waals surface area contributed by atoms with Crippen molar-refractivity contribution in [2.24, 2.45) is 0 Å². The summed E-state index contributed by atoms with van der Waals surface area (Å²) < 4.78 is 69.6. The lowest BCUT2D eigenvalue weighted by atomic mass is 10.1. The van der Waals surface area contributed by atoms with Crippen LogP contribution in [0.1, 0.15) is 34.5 Å². The van der Waals surface area contributed by atoms with E-state index in [9.17, 15) is 27.2 Å². The standard InChI is InChI=1S/C19H17BrF2N4O3.C18H16F2N4O2/c20-13-8-12(17-10-24-5-6-28-17)2-3-14(13)25-19(27)26-15-7-11(9-23)1-4-16(15)29-18(21)22;19-13-8-11(16-10-22-6-7-26-16)4-5-14(13)23-18(25)24-15-3-1-2-12(9-21)17(15)20/h1-4,7-8,17-18,24H,5-6,10H2,(H2,25,26,27);1-5,8,16,22H,6-7,10H2,(H2,23,24,25)/t17-;16-/m10/s1. The number of nitrogens with zero attached hydrogens (tertiary/aromatic N) is 2. The second-order valence-corrected chi connectivity index (χ2v) is 12.6. The molecule has 2 fully saturated rings. The smallest absolute Gasteiger partial charge is 0.387 e. The average molecular weight is 826 g/mol. The first-order valence-electron chi connectivity index (χ1n) is 16.6. The summed E-state index contributed by atoms with van der Waals surface area (Å²) >= 11 is 3.41. The third-order valence-electron chi connectivity index (χ3n) is 8.02. The van der Waals surface area contributed by atoms with Crippen LogP contribution in [-0.2, 0) is 9.47 Å². The fourth-order valence-electron chi connectivity index (χ4n) is 5.39. The number of halogens is 5. The van der Waals surface area contributed by atoms with E-state index in [1.54, 1.807) is 18.2 Å². The third-order valence-corrected chi connectivity index (χ3v) is 8.68. The molecule has 2 saturated heterocycles. The highest BCUT2D eigenvalue weighted by molar-refractivity contribution is 9.10. The highest BCUT2D eigenvalue weighted by Gasteiger charge is 2.20. The Morgan fingerprint density at radius 1 is 0.764 bits per heavy atom. The molecular formula is C37H33BrF4N8O5. The van der Waals surface area contributed by atoms with Gasteiger partial charge in [-0.2, -0.15) is 19.3 Å². The SMILES string of the molecule is N#Cc1ccc(OC(F)F)c(NC(=O)Nc2ccc([C@H]3CNCCO3)cc2Br)c1.N#Cc1cccc(NC(=O)Nc2ccc([C@@H]3CNCCO3)cc2F)c1F. The van der Waals surface area contributed by atoms with Crippen LogP contribution < -0.4 is 36.6 Å². The van der Waals surface area contributed by atoms with E-state index in [-0.39, 0.29) is 46.1 Å². The van der Waals surface area contributed by atoms with Crippen molar-refractivity contribution in [2.45, 2.75) is 18.8 Å². The lowest BCUT2D eigenvalue weighted by molar-refractivity contribution is -0.0493. The molecular weight excluding hydrogens is 792 g/mol. The molecule has 18 heteroatoms. The highest BCUT2D eigenvalue weighted by Crippen LogP contribution is 2.31. The Bertz CT molecular complexity index is 2090. The van der Waals surface area contributed by atoms with Crippen LogP contribution >= 0.6 is 15.9 Å². The minimum absolute atomic E-state index is 0.0451. The van der Waals surface area contributed by atoms with Crippen LogP contribution in [0.3, 0.4) is 0 Å². The number of anilines is 4. The number of nitrogens with one attached hydrogen (secondary N) is 6. The Balaban J connectivity index is 0.000000212. The lowest BCUT2D eigenvalue weighted by Gasteiger charge is -2.24. The number of nitriles is 2. The normalized spacial score (nSPS) is 16.4. The number of morpholine rings is 2. The zero-order valence-electron chi connectivity index (χ0n) is 28.7. The van der Waals surface area contributed by atoms with Crippen LogP contribution in [-0.4, -0.2) is 58.1 Å². The van der Waals surface area contributed by atoms with E-state index in [4.69, 9.17) is 20.0 Å². The maximum Gasteiger partial charge on any atom is 0.387 e. The molecule has 13 nitrogen and oxygen atoms in total. The number of benzene rings is 4. The van der Waals surface area contributed by atoms with E-state index in [1.165, 1.54) is 48.5 Å². The minimum Gasteiger partial charge on any atom is -0.433 e. The first-order valence-corrected chi connectivity index (χ1v) is 17.4. The van der Waals surface area contributed by atoms with Crippen molar-refractivity contribution in [1.29, 1.82) is 10.5 Å². The van der Waals surface area contributed by atoms with Gasteiger partial charge in [0.2, 0.25) is 0 Å². The number of alkyl halides is 2. The fraction of sp³-hybridized carbons (Fsp3) is 0.243. The van der Waals surface area contributed by atoms with Gasteiger partial charge in [-0.15, -0.1) is 0 Å². The third kappa shape index (κ3) is 11.4. The molecule has 0 spiro atoms. The average Bonchev–Trinajstić information content (AvgIpc) is 3.18. The van der Waals surface area contributed by atoms with E-state index < -0.39 is 30.3 Å². The van der Waals surface area contributed by atoms with Gasteiger partial charge < -0.3 is 46.1 Å². The van der Waals surface area contributed by atoms with Gasteiger partial charge in [-0.1, -0.05) is 18.2 Å². The summed E-state index contributed by atoms with van der Waals surface area (Å²) in [7, 11) is 0. The molecule has 4 aromatic rings. The summed E-state index contributed by atoms with van der Waals surface area (Å²) in [5, 5.41) is 33.8. The predicted molar refractivity (Wildman–Crippen MR) is 198 cm³/mol. The molecule has 2 aliphatic heterocycles. The molecule has 0 radical (unpaired) electrons. The molecule has 6 N–H and O–H groups in total. The van der Waals surface area contributed by atoms with Gasteiger partial charge in [0.1, 0.15) is 17.6 Å². The number of carbonyl (C=O) groups excluding carboxylic acids is 2. The quantitative estimate of drug-likeness (QED) is 0.0989. The van der Waals surface area contributed by atoms with Gasteiger partial charge in [0.15, 0.2) is 5.82 Å². The van der Waals surface area contributed by atoms with Gasteiger partial charge in [-0.3, -0.25) is 0 Å². The van der Waals surface area contributed by atoms with E-state index in [0.29, 0.717) is 42.0 Å². The summed E-state index contributed by atoms with van der Waals surface area (Å²) in [5.41, 5.74) is 1.82. The molecule has 2 heterocycles. The molecule has 0 saturated carbocycles. The van der Waals surface area contributed by atoms with E-state index in [0.717, 1.165) is 18.7 Å². The number of hydrogen-bond acceptors (Lipinski definition) is 9. The fourth-order valence-corrected chi connectivity index (χ4v) is 5.88. The van der Waals surface area contributed by atoms with Crippen LogP contribution in [0.15, 0.2) is 77.3 Å². The maximum absolute atomic E-state index is 14.3. The topological polar surface area (TPSA) is 182 Å². The number of urea groups is 2. The molecule has 0 unspecified atom stereocenters. The summed E-state index contributed by atoms with van der Waals surface area (Å²) in [6.45, 7) is 0.940. The molecule has 2 atom stereocenters. The largest absolute Gasteiger partial charge is 0.433 e. The van der Waals surface area contributed by atoms with Crippen LogP contribution in [0.5, 0.6) is 5.75 Å². The Kier molecular flexibility index (Phi) is 14.4. The zero-order chi connectivity index (χ0) is 39.3. The van der Waals surface area contributed by atoms with Crippen molar-refractivity contribution in [3.63, 3.8) is 0 Å². The summed E-state index contributed by atoms with van der Waals surface area (Å²) in [5.74, 6) is -1.72. The van der Waals surface area contributed by atoms with Gasteiger partial charge in [0.25, 0.3) is 0 Å². The highest BCUT2D eigenvalue weighted by atomic mass is 79.9. The van der Waals surface area contributed by atoms with Gasteiger partial charge in [0.05, 0.1) is 65.4 Å². The van der Waals surface area contributed by atoms with E-state index in [2.05, 4.69) is 52.6 Å². The number of carbonyl (C=O) groups is 2. The maximum atomic E-state index is 14.3. The Hall–Kier alpha value is -5.76. The summed E-state index contributed by atoms with van der Waals surface area (Å²) in [6.07, 6.45) is -0.324. The van der Waals surface area contributed by atoms with Gasteiger partial charge in [-0.25, -0.2) is 18.4 Å². The van der Waals surface area contributed by atoms with Crippen molar-refractivity contribution in [3.05, 3.63) is 111 Å². The second kappa shape index (κ2) is 19.5. The Labute approximate surface area is 321 Å². The van der Waals surface area contributed by atoms with Crippen LogP contribution in [0.4, 0.5) is 49.9 Å². The summed E-state index contributed by atoms with van der Waals surface area (Å²) in [6, 6.07) is 19.6. The van der Waals surface area contributed by atoms with Crippen LogP contribution in [0, 0.1) is 34.3 Å². The monoisotopic (exact) mass is 824 g/mol. The van der Waals surface area contributed by atoms with Crippen molar-refractivity contribution in [1.82, 2.24) is 10.6 Å². The molecule has 4 aromatic carbocycles. The molecule has 55 heavy (non-hydrogen) atoms. The molecule has 2 aliphatic rings. The number of hydrogen-bond donors (Lipinski definition) is 6. The van der Waals surface area contributed by atoms with Crippen molar-refractivity contribution >= 4 is 50.7 Å². The Morgan fingerprint density at radius 3 is 1.93 bits per heavy atom. The number of rotatable bonds is 8. The van der Waals surface area contributed by atoms with Gasteiger partial charge in [-0.05, 0) is 81.7 Å². The van der Waals surface area contributed by atoms with Gasteiger partial charge in [0, 0.05) is 30.7 Å². The zero-order valence-corrected chi connectivity index (χ0v) is 30.3. The Morgan fingerprint density at radius 2 is 1.36 bits per heavy atom. The van der Waals surface area contributed by atoms with Crippen molar-refractivity contribution in [3.8, 4) is 17.9 Å². The molecule has 0 bridgehead atoms. The van der Waals surface area contributed by atoms with Crippen LogP contribution in [0.25, 0.3) is 0 Å². The predicted octanol–water partition coefficient (Wildman–Crippen LogP) is 7.37. The second-order valence-electron chi connectivity index (χ2n) is 11.7. The lowest BCUT2D eigenvalue weighted by Crippen LogP contribution is -2.33. The first-order chi connectivity index (χ1) is 26.5. The van der Waals surface area contributed by atoms with Crippen LogP contribution in [0.2, 0.25) is 0 Å². The number of ether oxygens (including phenoxy) is 3.